The normalized spacial score (nSPS) is 19.7. The number of hydrogen-bond donors (Lipinski definition) is 1. The molecule has 0 amide bonds. The first-order valence-electron chi connectivity index (χ1n) is 7.96. The highest BCUT2D eigenvalue weighted by Crippen LogP contribution is 2.34. The summed E-state index contributed by atoms with van der Waals surface area (Å²) in [6.45, 7) is 2.56. The van der Waals surface area contributed by atoms with Crippen LogP contribution in [0.15, 0.2) is 48.5 Å². The van der Waals surface area contributed by atoms with E-state index in [1.54, 1.807) is 7.11 Å². The molecule has 1 aliphatic heterocycles. The number of para-hydroxylation sites is 1. The molecule has 1 fully saturated rings. The Morgan fingerprint density at radius 3 is 2.87 bits per heavy atom. The molecule has 2 unspecified atom stereocenters. The van der Waals surface area contributed by atoms with Gasteiger partial charge in [-0.25, -0.2) is 0 Å². The highest BCUT2D eigenvalue weighted by Gasteiger charge is 2.27. The van der Waals surface area contributed by atoms with Gasteiger partial charge in [-0.05, 0) is 42.3 Å². The van der Waals surface area contributed by atoms with Crippen molar-refractivity contribution in [3.8, 4) is 5.75 Å². The lowest BCUT2D eigenvalue weighted by molar-refractivity contribution is 0.125. The van der Waals surface area contributed by atoms with Crippen molar-refractivity contribution in [2.24, 2.45) is 0 Å². The van der Waals surface area contributed by atoms with E-state index in [1.807, 2.05) is 36.4 Å². The van der Waals surface area contributed by atoms with E-state index in [-0.39, 0.29) is 0 Å². The van der Waals surface area contributed by atoms with E-state index < -0.39 is 6.10 Å². The Kier molecular flexibility index (Phi) is 5.21. The molecule has 2 atom stereocenters. The summed E-state index contributed by atoms with van der Waals surface area (Å²) in [4.78, 5) is 2.31. The van der Waals surface area contributed by atoms with E-state index in [9.17, 15) is 5.11 Å². The summed E-state index contributed by atoms with van der Waals surface area (Å²) in [5.41, 5.74) is 2.13. The van der Waals surface area contributed by atoms with Gasteiger partial charge in [-0.2, -0.15) is 0 Å². The van der Waals surface area contributed by atoms with Gasteiger partial charge >= 0.3 is 0 Å². The molecular formula is C19H22ClNO2. The van der Waals surface area contributed by atoms with Crippen molar-refractivity contribution in [2.45, 2.75) is 18.4 Å². The van der Waals surface area contributed by atoms with Crippen LogP contribution in [0.2, 0.25) is 5.02 Å². The smallest absolute Gasteiger partial charge is 0.122 e. The maximum Gasteiger partial charge on any atom is 0.122 e. The number of aliphatic hydroxyl groups excluding tert-OH is 1. The largest absolute Gasteiger partial charge is 0.496 e. The average Bonchev–Trinajstić information content (AvgIpc) is 3.03. The van der Waals surface area contributed by atoms with Crippen LogP contribution in [-0.4, -0.2) is 36.8 Å². The summed E-state index contributed by atoms with van der Waals surface area (Å²) in [6.07, 6.45) is 0.577. The van der Waals surface area contributed by atoms with E-state index in [4.69, 9.17) is 16.3 Å². The van der Waals surface area contributed by atoms with Gasteiger partial charge in [-0.15, -0.1) is 0 Å². The molecule has 0 aliphatic carbocycles. The number of rotatable bonds is 5. The van der Waals surface area contributed by atoms with Crippen molar-refractivity contribution in [3.05, 3.63) is 64.7 Å². The highest BCUT2D eigenvalue weighted by molar-refractivity contribution is 6.30. The molecule has 122 valence electrons. The van der Waals surface area contributed by atoms with Crippen molar-refractivity contribution in [1.82, 2.24) is 4.90 Å². The second kappa shape index (κ2) is 7.35. The molecule has 0 aromatic heterocycles. The predicted molar refractivity (Wildman–Crippen MR) is 93.2 cm³/mol. The van der Waals surface area contributed by atoms with Gasteiger partial charge in [-0.1, -0.05) is 41.9 Å². The lowest BCUT2D eigenvalue weighted by atomic mass is 9.97. The number of benzene rings is 2. The minimum absolute atomic E-state index is 0.456. The van der Waals surface area contributed by atoms with E-state index >= 15 is 0 Å². The van der Waals surface area contributed by atoms with Crippen LogP contribution in [0.1, 0.15) is 29.6 Å². The van der Waals surface area contributed by atoms with Crippen LogP contribution in [0.25, 0.3) is 0 Å². The average molecular weight is 332 g/mol. The zero-order valence-electron chi connectivity index (χ0n) is 13.3. The van der Waals surface area contributed by atoms with E-state index in [2.05, 4.69) is 17.0 Å². The molecule has 0 saturated carbocycles. The molecule has 0 radical (unpaired) electrons. The summed E-state index contributed by atoms with van der Waals surface area (Å²) in [5, 5.41) is 11.1. The number of aliphatic hydroxyl groups is 1. The van der Waals surface area contributed by atoms with Gasteiger partial charge in [0.05, 0.1) is 13.2 Å². The van der Waals surface area contributed by atoms with E-state index in [0.29, 0.717) is 17.5 Å². The fourth-order valence-corrected chi connectivity index (χ4v) is 3.52. The van der Waals surface area contributed by atoms with Crippen LogP contribution in [-0.2, 0) is 0 Å². The standard InChI is InChI=1S/C19H22ClNO2/c1-23-19-8-3-2-7-17(19)15-9-10-21(12-15)13-18(22)14-5-4-6-16(20)11-14/h2-8,11,15,18,22H,9-10,12-13H2,1H3. The second-order valence-corrected chi connectivity index (χ2v) is 6.49. The van der Waals surface area contributed by atoms with Gasteiger partial charge in [0.15, 0.2) is 0 Å². The summed E-state index contributed by atoms with van der Waals surface area (Å²) in [6, 6.07) is 15.7. The third-order valence-electron chi connectivity index (χ3n) is 4.52. The maximum absolute atomic E-state index is 10.4. The Balaban J connectivity index is 1.64. The van der Waals surface area contributed by atoms with Crippen molar-refractivity contribution in [1.29, 1.82) is 0 Å². The fourth-order valence-electron chi connectivity index (χ4n) is 3.32. The number of β-amino-alcohol motifs (C(OH)–C–C–N with tert-alkyl or cyclic N) is 1. The van der Waals surface area contributed by atoms with Crippen LogP contribution in [0.4, 0.5) is 0 Å². The maximum atomic E-state index is 10.4. The van der Waals surface area contributed by atoms with Crippen molar-refractivity contribution < 1.29 is 9.84 Å². The molecule has 2 aromatic rings. The first kappa shape index (κ1) is 16.3. The fraction of sp³-hybridized carbons (Fsp3) is 0.368. The summed E-state index contributed by atoms with van der Waals surface area (Å²) < 4.78 is 5.47. The zero-order chi connectivity index (χ0) is 16.2. The second-order valence-electron chi connectivity index (χ2n) is 6.06. The molecule has 2 aromatic carbocycles. The van der Waals surface area contributed by atoms with Gasteiger partial charge in [0.2, 0.25) is 0 Å². The van der Waals surface area contributed by atoms with Gasteiger partial charge in [0.1, 0.15) is 5.75 Å². The number of likely N-dealkylation sites (tertiary alicyclic amines) is 1. The predicted octanol–water partition coefficient (Wildman–Crippen LogP) is 3.87. The van der Waals surface area contributed by atoms with E-state index in [1.165, 1.54) is 5.56 Å². The molecule has 23 heavy (non-hydrogen) atoms. The van der Waals surface area contributed by atoms with Crippen LogP contribution < -0.4 is 4.74 Å². The topological polar surface area (TPSA) is 32.7 Å². The number of hydrogen-bond acceptors (Lipinski definition) is 3. The number of ether oxygens (including phenoxy) is 1. The summed E-state index contributed by atoms with van der Waals surface area (Å²) in [5.74, 6) is 1.41. The number of methoxy groups -OCH3 is 1. The third-order valence-corrected chi connectivity index (χ3v) is 4.75. The molecule has 4 heteroatoms. The minimum Gasteiger partial charge on any atom is -0.496 e. The molecule has 3 rings (SSSR count). The lowest BCUT2D eigenvalue weighted by Gasteiger charge is -2.21. The summed E-state index contributed by atoms with van der Waals surface area (Å²) in [7, 11) is 1.72. The molecule has 3 nitrogen and oxygen atoms in total. The first-order valence-corrected chi connectivity index (χ1v) is 8.34. The lowest BCUT2D eigenvalue weighted by Crippen LogP contribution is -2.26. The molecule has 1 heterocycles. The van der Waals surface area contributed by atoms with Gasteiger partial charge in [-0.3, -0.25) is 4.90 Å². The molecule has 1 saturated heterocycles. The molecule has 1 N–H and O–H groups in total. The summed E-state index contributed by atoms with van der Waals surface area (Å²) >= 11 is 6.00. The molecule has 0 spiro atoms. The van der Waals surface area contributed by atoms with Crippen LogP contribution in [0.3, 0.4) is 0 Å². The Hall–Kier alpha value is -1.55. The Labute approximate surface area is 142 Å². The van der Waals surface area contributed by atoms with Crippen LogP contribution in [0, 0.1) is 0 Å². The molecule has 1 aliphatic rings. The molecular weight excluding hydrogens is 310 g/mol. The zero-order valence-corrected chi connectivity index (χ0v) is 14.0. The SMILES string of the molecule is COc1ccccc1C1CCN(CC(O)c2cccc(Cl)c2)C1. The number of halogens is 1. The van der Waals surface area contributed by atoms with Crippen molar-refractivity contribution in [2.75, 3.05) is 26.7 Å². The Morgan fingerprint density at radius 1 is 1.26 bits per heavy atom. The molecule has 0 bridgehead atoms. The third kappa shape index (κ3) is 3.86. The van der Waals surface area contributed by atoms with Crippen molar-refractivity contribution >= 4 is 11.6 Å². The first-order chi connectivity index (χ1) is 11.2. The van der Waals surface area contributed by atoms with E-state index in [0.717, 1.165) is 30.8 Å². The van der Waals surface area contributed by atoms with Gasteiger partial charge in [0, 0.05) is 24.0 Å². The van der Waals surface area contributed by atoms with Crippen LogP contribution >= 0.6 is 11.6 Å². The van der Waals surface area contributed by atoms with Crippen molar-refractivity contribution in [3.63, 3.8) is 0 Å². The Bertz CT molecular complexity index is 661. The Morgan fingerprint density at radius 2 is 2.09 bits per heavy atom. The van der Waals surface area contributed by atoms with Crippen LogP contribution in [0.5, 0.6) is 5.75 Å². The number of nitrogens with zero attached hydrogens (tertiary/aromatic N) is 1. The quantitative estimate of drug-likeness (QED) is 0.902. The monoisotopic (exact) mass is 331 g/mol. The minimum atomic E-state index is -0.509. The van der Waals surface area contributed by atoms with Gasteiger partial charge in [0.25, 0.3) is 0 Å². The highest BCUT2D eigenvalue weighted by atomic mass is 35.5. The van der Waals surface area contributed by atoms with Gasteiger partial charge < -0.3 is 9.84 Å².